The van der Waals surface area contributed by atoms with Crippen molar-refractivity contribution >= 4 is 11.7 Å². The standard InChI is InChI=1S/C29H41N3O3/c1-18(2)35-25(34)16-24-19(3)31-27(20(4)33)26(28(24)32-13-10-29(5,6)11-14-32)22-7-8-23-17-30-12-9-21(23)15-22/h7-8,15,18,20,30,33H,9-14,16-17H2,1-6H3. The third kappa shape index (κ3) is 5.70. The van der Waals surface area contributed by atoms with Gasteiger partial charge in [0.25, 0.3) is 0 Å². The Morgan fingerprint density at radius 2 is 1.91 bits per heavy atom. The molecule has 2 aromatic rings. The van der Waals surface area contributed by atoms with Gasteiger partial charge in [-0.3, -0.25) is 9.78 Å². The first-order chi connectivity index (χ1) is 16.6. The zero-order valence-corrected chi connectivity index (χ0v) is 22.2. The van der Waals surface area contributed by atoms with Crippen molar-refractivity contribution in [1.82, 2.24) is 10.3 Å². The zero-order chi connectivity index (χ0) is 25.3. The number of ether oxygens (including phenoxy) is 1. The SMILES string of the molecule is Cc1nc(C(C)O)c(-c2ccc3c(c2)CCNC3)c(N2CCC(C)(C)CC2)c1CC(=O)OC(C)C. The van der Waals surface area contributed by atoms with E-state index in [1.54, 1.807) is 6.92 Å². The molecule has 0 radical (unpaired) electrons. The number of carbonyl (C=O) groups is 1. The molecule has 1 aromatic carbocycles. The van der Waals surface area contributed by atoms with Crippen molar-refractivity contribution in [2.45, 2.75) is 86.0 Å². The number of piperidine rings is 1. The summed E-state index contributed by atoms with van der Waals surface area (Å²) in [6.45, 7) is 15.8. The minimum atomic E-state index is -0.724. The molecule has 190 valence electrons. The van der Waals surface area contributed by atoms with Crippen molar-refractivity contribution in [1.29, 1.82) is 0 Å². The average Bonchev–Trinajstić information content (AvgIpc) is 2.79. The highest BCUT2D eigenvalue weighted by Crippen LogP contribution is 2.43. The van der Waals surface area contributed by atoms with E-state index >= 15 is 0 Å². The fourth-order valence-electron chi connectivity index (χ4n) is 5.31. The number of pyridine rings is 1. The number of anilines is 1. The Balaban J connectivity index is 1.91. The number of carbonyl (C=O) groups excluding carboxylic acids is 1. The molecule has 0 spiro atoms. The number of aromatic nitrogens is 1. The van der Waals surface area contributed by atoms with Gasteiger partial charge < -0.3 is 20.1 Å². The number of nitrogens with one attached hydrogen (secondary N) is 1. The third-order valence-electron chi connectivity index (χ3n) is 7.40. The Hall–Kier alpha value is -2.44. The summed E-state index contributed by atoms with van der Waals surface area (Å²) >= 11 is 0. The minimum Gasteiger partial charge on any atom is -0.463 e. The Labute approximate surface area is 210 Å². The highest BCUT2D eigenvalue weighted by atomic mass is 16.5. The summed E-state index contributed by atoms with van der Waals surface area (Å²) in [5.74, 6) is -0.240. The van der Waals surface area contributed by atoms with Gasteiger partial charge in [0.1, 0.15) is 0 Å². The Kier molecular flexibility index (Phi) is 7.53. The molecule has 0 amide bonds. The van der Waals surface area contributed by atoms with E-state index < -0.39 is 6.10 Å². The van der Waals surface area contributed by atoms with Crippen molar-refractivity contribution in [2.24, 2.45) is 5.41 Å². The number of rotatable bonds is 6. The second-order valence-electron chi connectivity index (χ2n) is 11.2. The molecule has 2 aliphatic heterocycles. The number of hydrogen-bond donors (Lipinski definition) is 2. The topological polar surface area (TPSA) is 74.7 Å². The largest absolute Gasteiger partial charge is 0.463 e. The van der Waals surface area contributed by atoms with Crippen molar-refractivity contribution in [2.75, 3.05) is 24.5 Å². The van der Waals surface area contributed by atoms with Crippen LogP contribution in [0, 0.1) is 12.3 Å². The molecule has 0 aliphatic carbocycles. The van der Waals surface area contributed by atoms with E-state index in [2.05, 4.69) is 42.3 Å². The molecular formula is C29H41N3O3. The van der Waals surface area contributed by atoms with Gasteiger partial charge in [0.15, 0.2) is 0 Å². The molecule has 0 saturated carbocycles. The predicted molar refractivity (Wildman–Crippen MR) is 141 cm³/mol. The van der Waals surface area contributed by atoms with Crippen LogP contribution in [0.25, 0.3) is 11.1 Å². The second kappa shape index (κ2) is 10.3. The zero-order valence-electron chi connectivity index (χ0n) is 22.2. The van der Waals surface area contributed by atoms with Crippen LogP contribution in [0.15, 0.2) is 18.2 Å². The predicted octanol–water partition coefficient (Wildman–Crippen LogP) is 4.88. The summed E-state index contributed by atoms with van der Waals surface area (Å²) in [7, 11) is 0. The monoisotopic (exact) mass is 479 g/mol. The van der Waals surface area contributed by atoms with Gasteiger partial charge in [0.05, 0.1) is 30.0 Å². The fraction of sp³-hybridized carbons (Fsp3) is 0.586. The lowest BCUT2D eigenvalue weighted by atomic mass is 9.81. The summed E-state index contributed by atoms with van der Waals surface area (Å²) < 4.78 is 5.54. The third-order valence-corrected chi connectivity index (χ3v) is 7.40. The van der Waals surface area contributed by atoms with Crippen LogP contribution in [0.3, 0.4) is 0 Å². The first-order valence-corrected chi connectivity index (χ1v) is 13.0. The van der Waals surface area contributed by atoms with Gasteiger partial charge in [-0.15, -0.1) is 0 Å². The molecule has 4 rings (SSSR count). The van der Waals surface area contributed by atoms with E-state index in [1.165, 1.54) is 11.1 Å². The molecule has 35 heavy (non-hydrogen) atoms. The molecule has 3 heterocycles. The van der Waals surface area contributed by atoms with E-state index in [9.17, 15) is 9.90 Å². The number of fused-ring (bicyclic) bond motifs is 1. The lowest BCUT2D eigenvalue weighted by molar-refractivity contribution is -0.146. The number of esters is 1. The van der Waals surface area contributed by atoms with Crippen LogP contribution in [-0.4, -0.2) is 41.8 Å². The van der Waals surface area contributed by atoms with Gasteiger partial charge in [0, 0.05) is 36.5 Å². The van der Waals surface area contributed by atoms with E-state index in [4.69, 9.17) is 9.72 Å². The fourth-order valence-corrected chi connectivity index (χ4v) is 5.31. The number of nitrogens with zero attached hydrogens (tertiary/aromatic N) is 2. The van der Waals surface area contributed by atoms with Gasteiger partial charge in [-0.25, -0.2) is 0 Å². The highest BCUT2D eigenvalue weighted by molar-refractivity contribution is 5.87. The number of hydrogen-bond acceptors (Lipinski definition) is 6. The molecule has 1 saturated heterocycles. The minimum absolute atomic E-state index is 0.166. The lowest BCUT2D eigenvalue weighted by Crippen LogP contribution is -2.38. The molecule has 2 aliphatic rings. The molecule has 1 atom stereocenters. The van der Waals surface area contributed by atoms with E-state index in [0.29, 0.717) is 11.1 Å². The van der Waals surface area contributed by atoms with Crippen LogP contribution < -0.4 is 10.2 Å². The summed E-state index contributed by atoms with van der Waals surface area (Å²) in [4.78, 5) is 20.1. The molecule has 0 bridgehead atoms. The first-order valence-electron chi connectivity index (χ1n) is 13.0. The van der Waals surface area contributed by atoms with E-state index in [0.717, 1.165) is 73.5 Å². The summed E-state index contributed by atoms with van der Waals surface area (Å²) in [6.07, 6.45) is 2.41. The Bertz CT molecular complexity index is 1080. The van der Waals surface area contributed by atoms with Crippen molar-refractivity contribution in [3.63, 3.8) is 0 Å². The smallest absolute Gasteiger partial charge is 0.310 e. The van der Waals surface area contributed by atoms with Crippen LogP contribution in [0.5, 0.6) is 0 Å². The molecule has 6 heteroatoms. The second-order valence-corrected chi connectivity index (χ2v) is 11.2. The van der Waals surface area contributed by atoms with Crippen LogP contribution >= 0.6 is 0 Å². The van der Waals surface area contributed by atoms with Gasteiger partial charge in [-0.1, -0.05) is 32.0 Å². The highest BCUT2D eigenvalue weighted by Gasteiger charge is 2.32. The number of aliphatic hydroxyl groups is 1. The van der Waals surface area contributed by atoms with Gasteiger partial charge in [-0.05, 0) is 75.6 Å². The normalized spacial score (nSPS) is 18.3. The maximum Gasteiger partial charge on any atom is 0.310 e. The van der Waals surface area contributed by atoms with E-state index in [-0.39, 0.29) is 18.5 Å². The molecule has 1 fully saturated rings. The number of benzene rings is 1. The van der Waals surface area contributed by atoms with Crippen LogP contribution in [0.1, 0.15) is 81.6 Å². The quantitative estimate of drug-likeness (QED) is 0.576. The summed E-state index contributed by atoms with van der Waals surface area (Å²) in [5.41, 5.74) is 8.38. The molecule has 6 nitrogen and oxygen atoms in total. The van der Waals surface area contributed by atoms with Gasteiger partial charge >= 0.3 is 5.97 Å². The first kappa shape index (κ1) is 25.6. The number of aryl methyl sites for hydroxylation is 1. The summed E-state index contributed by atoms with van der Waals surface area (Å²) in [6, 6.07) is 6.61. The van der Waals surface area contributed by atoms with Gasteiger partial charge in [-0.2, -0.15) is 0 Å². The Morgan fingerprint density at radius 1 is 1.20 bits per heavy atom. The maximum atomic E-state index is 12.8. The molecular weight excluding hydrogens is 438 g/mol. The lowest BCUT2D eigenvalue weighted by Gasteiger charge is -2.40. The molecule has 1 unspecified atom stereocenters. The van der Waals surface area contributed by atoms with Crippen LogP contribution in [0.4, 0.5) is 5.69 Å². The maximum absolute atomic E-state index is 12.8. The van der Waals surface area contributed by atoms with Crippen molar-refractivity contribution < 1.29 is 14.6 Å². The summed E-state index contributed by atoms with van der Waals surface area (Å²) in [5, 5.41) is 14.3. The molecule has 1 aromatic heterocycles. The van der Waals surface area contributed by atoms with Crippen LogP contribution in [0.2, 0.25) is 0 Å². The van der Waals surface area contributed by atoms with Crippen molar-refractivity contribution in [3.8, 4) is 11.1 Å². The van der Waals surface area contributed by atoms with E-state index in [1.807, 2.05) is 20.8 Å². The Morgan fingerprint density at radius 3 is 2.57 bits per heavy atom. The average molecular weight is 480 g/mol. The van der Waals surface area contributed by atoms with Gasteiger partial charge in [0.2, 0.25) is 0 Å². The molecule has 2 N–H and O–H groups in total. The van der Waals surface area contributed by atoms with Crippen LogP contribution in [-0.2, 0) is 28.9 Å². The number of aliphatic hydroxyl groups excluding tert-OH is 1. The van der Waals surface area contributed by atoms with Crippen molar-refractivity contribution in [3.05, 3.63) is 46.3 Å².